The molecule has 3 unspecified atom stereocenters. The fourth-order valence-electron chi connectivity index (χ4n) is 3.22. The second-order valence-electron chi connectivity index (χ2n) is 5.14. The third-order valence-corrected chi connectivity index (χ3v) is 4.15. The Bertz CT molecular complexity index is 164. The first-order valence-corrected chi connectivity index (χ1v) is 5.44. The van der Waals surface area contributed by atoms with E-state index >= 15 is 0 Å². The number of hydrogen-bond acceptors (Lipinski definition) is 1. The van der Waals surface area contributed by atoms with E-state index in [-0.39, 0.29) is 0 Å². The molecule has 0 aromatic heterocycles. The Kier molecular flexibility index (Phi) is 2.16. The molecule has 0 spiro atoms. The van der Waals surface area contributed by atoms with E-state index in [9.17, 15) is 0 Å². The standard InChI is InChI=1S/C11H21N/c1-7(2)9-5-8-3-4-11(12)10(8)6-9/h7-11H,3-6,12H2,1-2H3/t8?,9?,10?,11-/m1/s1. The highest BCUT2D eigenvalue weighted by Gasteiger charge is 2.42. The summed E-state index contributed by atoms with van der Waals surface area (Å²) in [6.07, 6.45) is 5.59. The topological polar surface area (TPSA) is 26.0 Å². The Morgan fingerprint density at radius 2 is 1.92 bits per heavy atom. The monoisotopic (exact) mass is 167 g/mol. The summed E-state index contributed by atoms with van der Waals surface area (Å²) in [5, 5.41) is 0. The summed E-state index contributed by atoms with van der Waals surface area (Å²) in [5.41, 5.74) is 6.08. The van der Waals surface area contributed by atoms with E-state index in [0.717, 1.165) is 23.7 Å². The van der Waals surface area contributed by atoms with Crippen LogP contribution in [0.3, 0.4) is 0 Å². The van der Waals surface area contributed by atoms with Gasteiger partial charge in [-0.25, -0.2) is 0 Å². The van der Waals surface area contributed by atoms with E-state index in [1.54, 1.807) is 0 Å². The maximum atomic E-state index is 6.08. The first-order valence-electron chi connectivity index (χ1n) is 5.44. The van der Waals surface area contributed by atoms with Gasteiger partial charge in [0, 0.05) is 6.04 Å². The Morgan fingerprint density at radius 3 is 2.50 bits per heavy atom. The van der Waals surface area contributed by atoms with Crippen LogP contribution in [0.4, 0.5) is 0 Å². The van der Waals surface area contributed by atoms with Crippen LogP contribution in [-0.2, 0) is 0 Å². The van der Waals surface area contributed by atoms with Gasteiger partial charge in [-0.2, -0.15) is 0 Å². The summed E-state index contributed by atoms with van der Waals surface area (Å²) in [7, 11) is 0. The van der Waals surface area contributed by atoms with Crippen molar-refractivity contribution in [3.05, 3.63) is 0 Å². The Labute approximate surface area is 75.7 Å². The third kappa shape index (κ3) is 1.28. The van der Waals surface area contributed by atoms with Crippen LogP contribution in [-0.4, -0.2) is 6.04 Å². The molecule has 0 saturated heterocycles. The van der Waals surface area contributed by atoms with Crippen molar-refractivity contribution in [2.45, 2.75) is 45.6 Å². The molecule has 70 valence electrons. The van der Waals surface area contributed by atoms with Crippen molar-refractivity contribution in [2.24, 2.45) is 29.4 Å². The van der Waals surface area contributed by atoms with Gasteiger partial charge in [-0.05, 0) is 49.4 Å². The molecular formula is C11H21N. The van der Waals surface area contributed by atoms with Gasteiger partial charge < -0.3 is 5.73 Å². The molecule has 0 amide bonds. The van der Waals surface area contributed by atoms with Gasteiger partial charge in [-0.1, -0.05) is 13.8 Å². The highest BCUT2D eigenvalue weighted by Crippen LogP contribution is 2.48. The lowest BCUT2D eigenvalue weighted by molar-refractivity contribution is 0.358. The van der Waals surface area contributed by atoms with Crippen LogP contribution in [0.2, 0.25) is 0 Å². The smallest absolute Gasteiger partial charge is 0.00700 e. The van der Waals surface area contributed by atoms with Crippen LogP contribution in [0.25, 0.3) is 0 Å². The number of rotatable bonds is 1. The minimum absolute atomic E-state index is 0.541. The zero-order valence-corrected chi connectivity index (χ0v) is 8.29. The molecule has 4 atom stereocenters. The summed E-state index contributed by atoms with van der Waals surface area (Å²) in [5.74, 6) is 3.74. The lowest BCUT2D eigenvalue weighted by Gasteiger charge is -2.16. The molecule has 2 N–H and O–H groups in total. The number of nitrogens with two attached hydrogens (primary N) is 1. The summed E-state index contributed by atoms with van der Waals surface area (Å²) >= 11 is 0. The fraction of sp³-hybridized carbons (Fsp3) is 1.00. The summed E-state index contributed by atoms with van der Waals surface area (Å²) < 4.78 is 0. The first-order chi connectivity index (χ1) is 5.68. The van der Waals surface area contributed by atoms with Gasteiger partial charge in [0.05, 0.1) is 0 Å². The molecule has 2 aliphatic rings. The van der Waals surface area contributed by atoms with Crippen molar-refractivity contribution in [3.63, 3.8) is 0 Å². The fourth-order valence-corrected chi connectivity index (χ4v) is 3.22. The van der Waals surface area contributed by atoms with Crippen LogP contribution in [0.5, 0.6) is 0 Å². The predicted octanol–water partition coefficient (Wildman–Crippen LogP) is 2.41. The van der Waals surface area contributed by atoms with Gasteiger partial charge in [0.15, 0.2) is 0 Å². The molecule has 12 heavy (non-hydrogen) atoms. The van der Waals surface area contributed by atoms with Gasteiger partial charge in [-0.3, -0.25) is 0 Å². The maximum absolute atomic E-state index is 6.08. The zero-order valence-electron chi connectivity index (χ0n) is 8.29. The summed E-state index contributed by atoms with van der Waals surface area (Å²) in [6, 6.07) is 0.541. The molecule has 0 bridgehead atoms. The van der Waals surface area contributed by atoms with Crippen LogP contribution < -0.4 is 5.73 Å². The van der Waals surface area contributed by atoms with Gasteiger partial charge >= 0.3 is 0 Å². The highest BCUT2D eigenvalue weighted by atomic mass is 14.7. The molecule has 1 heteroatoms. The van der Waals surface area contributed by atoms with Crippen LogP contribution in [0.15, 0.2) is 0 Å². The van der Waals surface area contributed by atoms with E-state index in [0.29, 0.717) is 6.04 Å². The molecule has 0 aromatic rings. The van der Waals surface area contributed by atoms with Crippen LogP contribution in [0, 0.1) is 23.7 Å². The zero-order chi connectivity index (χ0) is 8.72. The van der Waals surface area contributed by atoms with Gasteiger partial charge in [0.1, 0.15) is 0 Å². The van der Waals surface area contributed by atoms with Crippen molar-refractivity contribution in [1.82, 2.24) is 0 Å². The minimum atomic E-state index is 0.541. The molecule has 2 fully saturated rings. The molecule has 0 heterocycles. The second kappa shape index (κ2) is 3.02. The molecular weight excluding hydrogens is 146 g/mol. The molecule has 2 rings (SSSR count). The average Bonchev–Trinajstić information content (AvgIpc) is 2.53. The van der Waals surface area contributed by atoms with E-state index in [2.05, 4.69) is 13.8 Å². The Hall–Kier alpha value is -0.0400. The summed E-state index contributed by atoms with van der Waals surface area (Å²) in [6.45, 7) is 4.72. The lowest BCUT2D eigenvalue weighted by atomic mass is 9.91. The lowest BCUT2D eigenvalue weighted by Crippen LogP contribution is -2.25. The van der Waals surface area contributed by atoms with Crippen LogP contribution >= 0.6 is 0 Å². The molecule has 2 aliphatic carbocycles. The minimum Gasteiger partial charge on any atom is -0.327 e. The predicted molar refractivity (Wildman–Crippen MR) is 51.8 cm³/mol. The molecule has 2 saturated carbocycles. The molecule has 0 radical (unpaired) electrons. The Morgan fingerprint density at radius 1 is 1.17 bits per heavy atom. The quantitative estimate of drug-likeness (QED) is 0.637. The average molecular weight is 167 g/mol. The van der Waals surface area contributed by atoms with Gasteiger partial charge in [0.2, 0.25) is 0 Å². The third-order valence-electron chi connectivity index (χ3n) is 4.15. The van der Waals surface area contributed by atoms with E-state index in [1.807, 2.05) is 0 Å². The Balaban J connectivity index is 1.98. The molecule has 0 aliphatic heterocycles. The van der Waals surface area contributed by atoms with E-state index in [1.165, 1.54) is 25.7 Å². The summed E-state index contributed by atoms with van der Waals surface area (Å²) in [4.78, 5) is 0. The SMILES string of the molecule is CC(C)C1CC2CC[C@@H](N)C2C1. The van der Waals surface area contributed by atoms with Gasteiger partial charge in [0.25, 0.3) is 0 Å². The van der Waals surface area contributed by atoms with Crippen molar-refractivity contribution < 1.29 is 0 Å². The number of hydrogen-bond donors (Lipinski definition) is 1. The van der Waals surface area contributed by atoms with Crippen LogP contribution in [0.1, 0.15) is 39.5 Å². The van der Waals surface area contributed by atoms with Crippen molar-refractivity contribution in [1.29, 1.82) is 0 Å². The van der Waals surface area contributed by atoms with Gasteiger partial charge in [-0.15, -0.1) is 0 Å². The second-order valence-corrected chi connectivity index (χ2v) is 5.14. The largest absolute Gasteiger partial charge is 0.327 e. The molecule has 0 aromatic carbocycles. The van der Waals surface area contributed by atoms with Crippen molar-refractivity contribution >= 4 is 0 Å². The van der Waals surface area contributed by atoms with Crippen molar-refractivity contribution in [3.8, 4) is 0 Å². The van der Waals surface area contributed by atoms with E-state index in [4.69, 9.17) is 5.73 Å². The maximum Gasteiger partial charge on any atom is 0.00700 e. The first kappa shape index (κ1) is 8.55. The highest BCUT2D eigenvalue weighted by molar-refractivity contribution is 4.95. The molecule has 1 nitrogen and oxygen atoms in total. The van der Waals surface area contributed by atoms with Crippen molar-refractivity contribution in [2.75, 3.05) is 0 Å². The number of fused-ring (bicyclic) bond motifs is 1. The normalized spacial score (nSPS) is 47.0. The van der Waals surface area contributed by atoms with E-state index < -0.39 is 0 Å².